The first-order chi connectivity index (χ1) is 11.7. The van der Waals surface area contributed by atoms with Crippen molar-refractivity contribution in [1.82, 2.24) is 9.78 Å². The summed E-state index contributed by atoms with van der Waals surface area (Å²) in [5.41, 5.74) is 4.76. The number of carbonyl (C=O) groups excluding carboxylic acids is 1. The summed E-state index contributed by atoms with van der Waals surface area (Å²) >= 11 is 0. The summed E-state index contributed by atoms with van der Waals surface area (Å²) < 4.78 is 1.80. The number of aryl methyl sites for hydroxylation is 2. The second kappa shape index (κ2) is 7.13. The lowest BCUT2D eigenvalue weighted by Gasteiger charge is -2.07. The molecule has 1 heterocycles. The average Bonchev–Trinajstić information content (AvgIpc) is 3.03. The van der Waals surface area contributed by atoms with Crippen molar-refractivity contribution in [3.63, 3.8) is 0 Å². The zero-order valence-corrected chi connectivity index (χ0v) is 14.0. The number of hydrogen-bond acceptors (Lipinski definition) is 2. The molecule has 1 aromatic heterocycles. The molecule has 4 nitrogen and oxygen atoms in total. The fourth-order valence-electron chi connectivity index (χ4n) is 2.57. The van der Waals surface area contributed by atoms with Gasteiger partial charge in [0.1, 0.15) is 0 Å². The molecule has 0 saturated heterocycles. The Kier molecular flexibility index (Phi) is 4.75. The molecular formula is C20H21N3O. The van der Waals surface area contributed by atoms with E-state index in [-0.39, 0.29) is 5.91 Å². The molecule has 0 aliphatic rings. The van der Waals surface area contributed by atoms with E-state index in [4.69, 9.17) is 0 Å². The van der Waals surface area contributed by atoms with Gasteiger partial charge in [-0.05, 0) is 60.9 Å². The molecule has 24 heavy (non-hydrogen) atoms. The standard InChI is InChI=1S/C20H21N3O/c1-3-4-16-5-9-18(10-6-16)22-20(24)17-7-11-19(12-8-17)23-14-15(2)13-21-23/h5-14H,3-4H2,1-2H3,(H,22,24). The maximum Gasteiger partial charge on any atom is 0.255 e. The van der Waals surface area contributed by atoms with Gasteiger partial charge >= 0.3 is 0 Å². The summed E-state index contributed by atoms with van der Waals surface area (Å²) in [7, 11) is 0. The van der Waals surface area contributed by atoms with Gasteiger partial charge in [0, 0.05) is 17.4 Å². The minimum Gasteiger partial charge on any atom is -0.322 e. The first-order valence-electron chi connectivity index (χ1n) is 8.17. The number of hydrogen-bond donors (Lipinski definition) is 1. The van der Waals surface area contributed by atoms with Crippen LogP contribution in [0.3, 0.4) is 0 Å². The Bertz CT molecular complexity index is 817. The van der Waals surface area contributed by atoms with Gasteiger partial charge < -0.3 is 5.32 Å². The first-order valence-corrected chi connectivity index (χ1v) is 8.17. The molecule has 0 atom stereocenters. The van der Waals surface area contributed by atoms with E-state index in [2.05, 4.69) is 29.5 Å². The van der Waals surface area contributed by atoms with Gasteiger partial charge in [0.05, 0.1) is 11.9 Å². The second-order valence-electron chi connectivity index (χ2n) is 5.91. The van der Waals surface area contributed by atoms with Crippen molar-refractivity contribution in [3.05, 3.63) is 77.6 Å². The van der Waals surface area contributed by atoms with Crippen LogP contribution in [0.25, 0.3) is 5.69 Å². The van der Waals surface area contributed by atoms with Gasteiger partial charge in [-0.15, -0.1) is 0 Å². The predicted molar refractivity (Wildman–Crippen MR) is 96.7 cm³/mol. The molecule has 122 valence electrons. The monoisotopic (exact) mass is 319 g/mol. The molecule has 1 N–H and O–H groups in total. The molecule has 0 radical (unpaired) electrons. The van der Waals surface area contributed by atoms with E-state index < -0.39 is 0 Å². The van der Waals surface area contributed by atoms with Crippen LogP contribution in [-0.2, 0) is 6.42 Å². The highest BCUT2D eigenvalue weighted by molar-refractivity contribution is 6.04. The Morgan fingerprint density at radius 2 is 1.79 bits per heavy atom. The van der Waals surface area contributed by atoms with Gasteiger partial charge in [0.2, 0.25) is 0 Å². The van der Waals surface area contributed by atoms with Crippen molar-refractivity contribution < 1.29 is 4.79 Å². The Morgan fingerprint density at radius 3 is 2.38 bits per heavy atom. The van der Waals surface area contributed by atoms with Crippen molar-refractivity contribution in [1.29, 1.82) is 0 Å². The number of aromatic nitrogens is 2. The van der Waals surface area contributed by atoms with E-state index in [9.17, 15) is 4.79 Å². The van der Waals surface area contributed by atoms with E-state index in [1.54, 1.807) is 4.68 Å². The molecule has 0 bridgehead atoms. The lowest BCUT2D eigenvalue weighted by atomic mass is 10.1. The Balaban J connectivity index is 1.68. The van der Waals surface area contributed by atoms with Crippen molar-refractivity contribution in [2.24, 2.45) is 0 Å². The number of anilines is 1. The van der Waals surface area contributed by atoms with Gasteiger partial charge in [-0.2, -0.15) is 5.10 Å². The summed E-state index contributed by atoms with van der Waals surface area (Å²) in [5.74, 6) is -0.110. The summed E-state index contributed by atoms with van der Waals surface area (Å²) in [4.78, 5) is 12.3. The topological polar surface area (TPSA) is 46.9 Å². The first kappa shape index (κ1) is 16.0. The van der Waals surface area contributed by atoms with Crippen LogP contribution in [0.15, 0.2) is 60.9 Å². The molecule has 2 aromatic carbocycles. The molecule has 1 amide bonds. The third-order valence-corrected chi connectivity index (χ3v) is 3.86. The molecule has 0 aliphatic carbocycles. The molecular weight excluding hydrogens is 298 g/mol. The number of amides is 1. The second-order valence-corrected chi connectivity index (χ2v) is 5.91. The zero-order chi connectivity index (χ0) is 16.9. The van der Waals surface area contributed by atoms with Gasteiger partial charge in [0.25, 0.3) is 5.91 Å². The fourth-order valence-corrected chi connectivity index (χ4v) is 2.57. The molecule has 0 unspecified atom stereocenters. The van der Waals surface area contributed by atoms with Crippen LogP contribution in [0.1, 0.15) is 34.8 Å². The smallest absolute Gasteiger partial charge is 0.255 e. The maximum atomic E-state index is 12.3. The lowest BCUT2D eigenvalue weighted by molar-refractivity contribution is 0.102. The molecule has 0 saturated carbocycles. The van der Waals surface area contributed by atoms with Crippen LogP contribution in [0, 0.1) is 6.92 Å². The lowest BCUT2D eigenvalue weighted by Crippen LogP contribution is -2.12. The van der Waals surface area contributed by atoms with Crippen LogP contribution < -0.4 is 5.32 Å². The van der Waals surface area contributed by atoms with E-state index in [1.807, 2.05) is 55.7 Å². The molecule has 0 spiro atoms. The van der Waals surface area contributed by atoms with E-state index in [1.165, 1.54) is 5.56 Å². The van der Waals surface area contributed by atoms with Crippen LogP contribution >= 0.6 is 0 Å². The molecule has 3 aromatic rings. The van der Waals surface area contributed by atoms with Gasteiger partial charge in [-0.1, -0.05) is 25.5 Å². The predicted octanol–water partition coefficient (Wildman–Crippen LogP) is 4.39. The zero-order valence-electron chi connectivity index (χ0n) is 14.0. The van der Waals surface area contributed by atoms with E-state index in [0.29, 0.717) is 5.56 Å². The Morgan fingerprint density at radius 1 is 1.08 bits per heavy atom. The number of benzene rings is 2. The van der Waals surface area contributed by atoms with Crippen LogP contribution in [-0.4, -0.2) is 15.7 Å². The SMILES string of the molecule is CCCc1ccc(NC(=O)c2ccc(-n3cc(C)cn3)cc2)cc1. The van der Waals surface area contributed by atoms with Crippen molar-refractivity contribution in [2.75, 3.05) is 5.32 Å². The molecule has 0 fully saturated rings. The minimum atomic E-state index is -0.110. The summed E-state index contributed by atoms with van der Waals surface area (Å²) in [6.07, 6.45) is 5.94. The Hall–Kier alpha value is -2.88. The third-order valence-electron chi connectivity index (χ3n) is 3.86. The molecule has 4 heteroatoms. The maximum absolute atomic E-state index is 12.3. The van der Waals surface area contributed by atoms with Gasteiger partial charge in [-0.3, -0.25) is 4.79 Å². The average molecular weight is 319 g/mol. The number of nitrogens with zero attached hydrogens (tertiary/aromatic N) is 2. The van der Waals surface area contributed by atoms with Crippen molar-refractivity contribution in [2.45, 2.75) is 26.7 Å². The highest BCUT2D eigenvalue weighted by Crippen LogP contribution is 2.14. The number of nitrogens with one attached hydrogen (secondary N) is 1. The van der Waals surface area contributed by atoms with Crippen molar-refractivity contribution in [3.8, 4) is 5.69 Å². The summed E-state index contributed by atoms with van der Waals surface area (Å²) in [6.45, 7) is 4.15. The molecule has 0 aliphatic heterocycles. The number of rotatable bonds is 5. The van der Waals surface area contributed by atoms with Crippen LogP contribution in [0.5, 0.6) is 0 Å². The van der Waals surface area contributed by atoms with E-state index in [0.717, 1.165) is 29.8 Å². The van der Waals surface area contributed by atoms with Crippen LogP contribution in [0.2, 0.25) is 0 Å². The quantitative estimate of drug-likeness (QED) is 0.758. The van der Waals surface area contributed by atoms with Crippen LogP contribution in [0.4, 0.5) is 5.69 Å². The minimum absolute atomic E-state index is 0.110. The summed E-state index contributed by atoms with van der Waals surface area (Å²) in [6, 6.07) is 15.4. The largest absolute Gasteiger partial charge is 0.322 e. The van der Waals surface area contributed by atoms with E-state index >= 15 is 0 Å². The normalized spacial score (nSPS) is 10.6. The fraction of sp³-hybridized carbons (Fsp3) is 0.200. The highest BCUT2D eigenvalue weighted by Gasteiger charge is 2.07. The molecule has 3 rings (SSSR count). The third kappa shape index (κ3) is 3.71. The Labute approximate surface area is 142 Å². The van der Waals surface area contributed by atoms with Gasteiger partial charge in [0.15, 0.2) is 0 Å². The highest BCUT2D eigenvalue weighted by atomic mass is 16.1. The van der Waals surface area contributed by atoms with Gasteiger partial charge in [-0.25, -0.2) is 4.68 Å². The summed E-state index contributed by atoms with van der Waals surface area (Å²) in [5, 5.41) is 7.20. The number of carbonyl (C=O) groups is 1. The van der Waals surface area contributed by atoms with Crippen molar-refractivity contribution >= 4 is 11.6 Å².